The van der Waals surface area contributed by atoms with Gasteiger partial charge >= 0.3 is 0 Å². The van der Waals surface area contributed by atoms with Crippen molar-refractivity contribution >= 4 is 5.91 Å². The monoisotopic (exact) mass is 242 g/mol. The Labute approximate surface area is 105 Å². The average Bonchev–Trinajstić information content (AvgIpc) is 2.37. The summed E-state index contributed by atoms with van der Waals surface area (Å²) < 4.78 is 5.72. The van der Waals surface area contributed by atoms with Gasteiger partial charge in [0.25, 0.3) is 0 Å². The van der Waals surface area contributed by atoms with Crippen LogP contribution in [0.5, 0.6) is 0 Å². The zero-order chi connectivity index (χ0) is 12.5. The van der Waals surface area contributed by atoms with Crippen LogP contribution >= 0.6 is 0 Å². The first kappa shape index (κ1) is 14.5. The summed E-state index contributed by atoms with van der Waals surface area (Å²) in [6.07, 6.45) is 5.22. The van der Waals surface area contributed by atoms with Gasteiger partial charge in [-0.15, -0.1) is 0 Å². The van der Waals surface area contributed by atoms with E-state index in [4.69, 9.17) is 4.74 Å². The van der Waals surface area contributed by atoms with Crippen LogP contribution in [0, 0.1) is 0 Å². The van der Waals surface area contributed by atoms with Crippen molar-refractivity contribution in [1.82, 2.24) is 10.2 Å². The van der Waals surface area contributed by atoms with Gasteiger partial charge in [0.15, 0.2) is 0 Å². The third kappa shape index (κ3) is 6.03. The smallest absolute Gasteiger partial charge is 0.224 e. The summed E-state index contributed by atoms with van der Waals surface area (Å²) in [5.41, 5.74) is 0. The first-order valence-electron chi connectivity index (χ1n) is 6.80. The molecule has 0 aromatic rings. The molecular weight excluding hydrogens is 216 g/mol. The molecule has 1 saturated heterocycles. The summed E-state index contributed by atoms with van der Waals surface area (Å²) in [6.45, 7) is 5.64. The third-order valence-corrected chi connectivity index (χ3v) is 3.23. The molecule has 17 heavy (non-hydrogen) atoms. The number of amides is 1. The molecule has 0 saturated carbocycles. The van der Waals surface area contributed by atoms with Crippen LogP contribution in [0.25, 0.3) is 0 Å². The Morgan fingerprint density at radius 3 is 2.76 bits per heavy atom. The molecular formula is C13H26N2O2. The van der Waals surface area contributed by atoms with E-state index in [9.17, 15) is 4.79 Å². The first-order chi connectivity index (χ1) is 8.24. The molecule has 1 heterocycles. The lowest BCUT2D eigenvalue weighted by Crippen LogP contribution is -2.34. The highest BCUT2D eigenvalue weighted by Crippen LogP contribution is 2.07. The highest BCUT2D eigenvalue weighted by Gasteiger charge is 2.14. The van der Waals surface area contributed by atoms with Gasteiger partial charge < -0.3 is 15.0 Å². The van der Waals surface area contributed by atoms with Crippen molar-refractivity contribution < 1.29 is 9.53 Å². The van der Waals surface area contributed by atoms with Crippen LogP contribution in [0.2, 0.25) is 0 Å². The SMILES string of the molecule is CCCCN(C)C(=O)CCOC1CCNCC1. The lowest BCUT2D eigenvalue weighted by atomic mass is 10.1. The molecule has 0 radical (unpaired) electrons. The number of nitrogens with one attached hydrogen (secondary N) is 1. The number of carbonyl (C=O) groups excluding carboxylic acids is 1. The van der Waals surface area contributed by atoms with Crippen LogP contribution in [-0.4, -0.2) is 50.2 Å². The molecule has 0 bridgehead atoms. The molecule has 4 heteroatoms. The quantitative estimate of drug-likeness (QED) is 0.734. The molecule has 4 nitrogen and oxygen atoms in total. The molecule has 0 aromatic carbocycles. The molecule has 100 valence electrons. The lowest BCUT2D eigenvalue weighted by Gasteiger charge is -2.23. The van der Waals surface area contributed by atoms with Crippen LogP contribution in [0.15, 0.2) is 0 Å². The highest BCUT2D eigenvalue weighted by atomic mass is 16.5. The Balaban J connectivity index is 2.06. The van der Waals surface area contributed by atoms with E-state index < -0.39 is 0 Å². The van der Waals surface area contributed by atoms with E-state index in [1.165, 1.54) is 0 Å². The normalized spacial score (nSPS) is 17.1. The molecule has 0 aliphatic carbocycles. The van der Waals surface area contributed by atoms with Gasteiger partial charge in [-0.1, -0.05) is 13.3 Å². The minimum Gasteiger partial charge on any atom is -0.378 e. The molecule has 0 spiro atoms. The van der Waals surface area contributed by atoms with Gasteiger partial charge in [0.05, 0.1) is 19.1 Å². The van der Waals surface area contributed by atoms with E-state index in [-0.39, 0.29) is 5.91 Å². The fourth-order valence-corrected chi connectivity index (χ4v) is 1.99. The molecule has 0 atom stereocenters. The van der Waals surface area contributed by atoms with E-state index in [1.807, 2.05) is 11.9 Å². The fraction of sp³-hybridized carbons (Fsp3) is 0.923. The number of carbonyl (C=O) groups is 1. The second kappa shape index (κ2) is 8.48. The maximum Gasteiger partial charge on any atom is 0.224 e. The Kier molecular flexibility index (Phi) is 7.21. The number of hydrogen-bond acceptors (Lipinski definition) is 3. The van der Waals surface area contributed by atoms with Crippen molar-refractivity contribution in [3.05, 3.63) is 0 Å². The van der Waals surface area contributed by atoms with Crippen molar-refractivity contribution in [3.8, 4) is 0 Å². The topological polar surface area (TPSA) is 41.6 Å². The predicted molar refractivity (Wildman–Crippen MR) is 69.0 cm³/mol. The molecule has 1 aliphatic heterocycles. The Morgan fingerprint density at radius 2 is 2.12 bits per heavy atom. The van der Waals surface area contributed by atoms with Gasteiger partial charge in [-0.2, -0.15) is 0 Å². The number of nitrogens with zero attached hydrogens (tertiary/aromatic N) is 1. The lowest BCUT2D eigenvalue weighted by molar-refractivity contribution is -0.131. The molecule has 1 aliphatic rings. The Hall–Kier alpha value is -0.610. The largest absolute Gasteiger partial charge is 0.378 e. The van der Waals surface area contributed by atoms with Gasteiger partial charge in [0, 0.05) is 13.6 Å². The number of unbranched alkanes of at least 4 members (excludes halogenated alkanes) is 1. The van der Waals surface area contributed by atoms with Crippen molar-refractivity contribution in [2.24, 2.45) is 0 Å². The molecule has 1 rings (SSSR count). The predicted octanol–water partition coefficient (Wildman–Crippen LogP) is 1.40. The number of rotatable bonds is 7. The highest BCUT2D eigenvalue weighted by molar-refractivity contribution is 5.75. The summed E-state index contributed by atoms with van der Waals surface area (Å²) in [4.78, 5) is 13.5. The second-order valence-electron chi connectivity index (χ2n) is 4.74. The van der Waals surface area contributed by atoms with Gasteiger partial charge in [-0.3, -0.25) is 4.79 Å². The minimum atomic E-state index is 0.201. The van der Waals surface area contributed by atoms with E-state index in [1.54, 1.807) is 0 Å². The average molecular weight is 242 g/mol. The third-order valence-electron chi connectivity index (χ3n) is 3.23. The van der Waals surface area contributed by atoms with E-state index in [0.717, 1.165) is 45.3 Å². The molecule has 1 N–H and O–H groups in total. The van der Waals surface area contributed by atoms with Crippen LogP contribution in [-0.2, 0) is 9.53 Å². The standard InChI is InChI=1S/C13H26N2O2/c1-3-4-10-15(2)13(16)7-11-17-12-5-8-14-9-6-12/h12,14H,3-11H2,1-2H3. The van der Waals surface area contributed by atoms with Crippen molar-refractivity contribution in [3.63, 3.8) is 0 Å². The molecule has 0 unspecified atom stereocenters. The van der Waals surface area contributed by atoms with Gasteiger partial charge in [0.1, 0.15) is 0 Å². The number of piperidine rings is 1. The summed E-state index contributed by atoms with van der Waals surface area (Å²) in [7, 11) is 1.88. The second-order valence-corrected chi connectivity index (χ2v) is 4.74. The fourth-order valence-electron chi connectivity index (χ4n) is 1.99. The Morgan fingerprint density at radius 1 is 1.41 bits per heavy atom. The summed E-state index contributed by atoms with van der Waals surface area (Å²) in [5, 5.41) is 3.30. The van der Waals surface area contributed by atoms with Crippen molar-refractivity contribution in [2.45, 2.75) is 45.1 Å². The summed E-state index contributed by atoms with van der Waals surface area (Å²) in [6, 6.07) is 0. The van der Waals surface area contributed by atoms with E-state index >= 15 is 0 Å². The minimum absolute atomic E-state index is 0.201. The van der Waals surface area contributed by atoms with Crippen molar-refractivity contribution in [2.75, 3.05) is 33.3 Å². The molecule has 0 aromatic heterocycles. The van der Waals surface area contributed by atoms with Crippen LogP contribution < -0.4 is 5.32 Å². The maximum atomic E-state index is 11.7. The van der Waals surface area contributed by atoms with Crippen molar-refractivity contribution in [1.29, 1.82) is 0 Å². The van der Waals surface area contributed by atoms with Crippen LogP contribution in [0.4, 0.5) is 0 Å². The zero-order valence-electron chi connectivity index (χ0n) is 11.2. The number of hydrogen-bond donors (Lipinski definition) is 1. The van der Waals surface area contributed by atoms with Gasteiger partial charge in [-0.05, 0) is 32.4 Å². The maximum absolute atomic E-state index is 11.7. The van der Waals surface area contributed by atoms with Crippen LogP contribution in [0.3, 0.4) is 0 Å². The zero-order valence-corrected chi connectivity index (χ0v) is 11.2. The summed E-state index contributed by atoms with van der Waals surface area (Å²) >= 11 is 0. The van der Waals surface area contributed by atoms with E-state index in [2.05, 4.69) is 12.2 Å². The van der Waals surface area contributed by atoms with Gasteiger partial charge in [-0.25, -0.2) is 0 Å². The van der Waals surface area contributed by atoms with E-state index in [0.29, 0.717) is 19.1 Å². The van der Waals surface area contributed by atoms with Gasteiger partial charge in [0.2, 0.25) is 5.91 Å². The number of ether oxygens (including phenoxy) is 1. The summed E-state index contributed by atoms with van der Waals surface area (Å²) in [5.74, 6) is 0.201. The molecule has 1 fully saturated rings. The van der Waals surface area contributed by atoms with Crippen LogP contribution in [0.1, 0.15) is 39.0 Å². The Bertz CT molecular complexity index is 215. The first-order valence-corrected chi connectivity index (χ1v) is 6.80. The molecule has 1 amide bonds.